The first kappa shape index (κ1) is 15.8. The number of aryl methyl sites for hydroxylation is 1. The van der Waals surface area contributed by atoms with Crippen molar-refractivity contribution in [3.8, 4) is 0 Å². The van der Waals surface area contributed by atoms with Gasteiger partial charge in [-0.1, -0.05) is 12.1 Å². The zero-order valence-electron chi connectivity index (χ0n) is 11.6. The van der Waals surface area contributed by atoms with E-state index < -0.39 is 24.4 Å². The zero-order chi connectivity index (χ0) is 15.6. The van der Waals surface area contributed by atoms with E-state index in [4.69, 9.17) is 0 Å². The number of rotatable bonds is 2. The molecule has 1 aromatic rings. The summed E-state index contributed by atoms with van der Waals surface area (Å²) in [6.07, 6.45) is -4.24. The molecule has 0 saturated carbocycles. The summed E-state index contributed by atoms with van der Waals surface area (Å²) in [5.41, 5.74) is 0.343. The molecule has 116 valence electrons. The van der Waals surface area contributed by atoms with Crippen LogP contribution in [-0.4, -0.2) is 54.6 Å². The van der Waals surface area contributed by atoms with Gasteiger partial charge in [0.2, 0.25) is 0 Å². The summed E-state index contributed by atoms with van der Waals surface area (Å²) in [5.74, 6) is -1.04. The average molecular weight is 304 g/mol. The molecule has 1 amide bonds. The summed E-state index contributed by atoms with van der Waals surface area (Å²) in [6, 6.07) is 4.55. The SMILES string of the molecule is Cc1cccc(C(=O)N2CCN(CC(F)(F)F)CC2)c1F. The number of alkyl halides is 3. The quantitative estimate of drug-likeness (QED) is 0.784. The fourth-order valence-corrected chi connectivity index (χ4v) is 2.35. The van der Waals surface area contributed by atoms with Gasteiger partial charge in [0.05, 0.1) is 12.1 Å². The summed E-state index contributed by atoms with van der Waals surface area (Å²) < 4.78 is 50.8. The first-order valence-corrected chi connectivity index (χ1v) is 6.61. The highest BCUT2D eigenvalue weighted by molar-refractivity contribution is 5.94. The molecule has 0 aliphatic carbocycles. The molecule has 1 aliphatic rings. The molecule has 0 spiro atoms. The Kier molecular flexibility index (Phi) is 4.51. The van der Waals surface area contributed by atoms with Gasteiger partial charge in [-0.25, -0.2) is 4.39 Å². The molecule has 7 heteroatoms. The van der Waals surface area contributed by atoms with Gasteiger partial charge < -0.3 is 4.90 Å². The van der Waals surface area contributed by atoms with Crippen molar-refractivity contribution in [2.24, 2.45) is 0 Å². The van der Waals surface area contributed by atoms with Crippen molar-refractivity contribution >= 4 is 5.91 Å². The summed E-state index contributed by atoms with van der Waals surface area (Å²) in [6.45, 7) is 1.20. The first-order valence-electron chi connectivity index (χ1n) is 6.61. The highest BCUT2D eigenvalue weighted by Gasteiger charge is 2.33. The molecule has 0 radical (unpaired) electrons. The van der Waals surface area contributed by atoms with Gasteiger partial charge in [-0.05, 0) is 18.6 Å². The molecule has 0 aromatic heterocycles. The molecule has 2 rings (SSSR count). The number of piperazine rings is 1. The van der Waals surface area contributed by atoms with Crippen molar-refractivity contribution in [1.29, 1.82) is 0 Å². The third kappa shape index (κ3) is 3.93. The second-order valence-corrected chi connectivity index (χ2v) is 5.12. The smallest absolute Gasteiger partial charge is 0.336 e. The average Bonchev–Trinajstić information content (AvgIpc) is 2.40. The third-order valence-corrected chi connectivity index (χ3v) is 3.48. The lowest BCUT2D eigenvalue weighted by Crippen LogP contribution is -2.51. The number of hydrogen-bond acceptors (Lipinski definition) is 2. The summed E-state index contributed by atoms with van der Waals surface area (Å²) in [7, 11) is 0. The van der Waals surface area contributed by atoms with E-state index in [1.54, 1.807) is 19.1 Å². The summed E-state index contributed by atoms with van der Waals surface area (Å²) in [5, 5.41) is 0. The lowest BCUT2D eigenvalue weighted by atomic mass is 10.1. The van der Waals surface area contributed by atoms with Crippen LogP contribution in [0.1, 0.15) is 15.9 Å². The maximum Gasteiger partial charge on any atom is 0.401 e. The first-order chi connectivity index (χ1) is 9.78. The van der Waals surface area contributed by atoms with Crippen LogP contribution in [0.2, 0.25) is 0 Å². The van der Waals surface area contributed by atoms with Gasteiger partial charge in [0, 0.05) is 26.2 Å². The second-order valence-electron chi connectivity index (χ2n) is 5.12. The number of hydrogen-bond donors (Lipinski definition) is 0. The molecule has 0 bridgehead atoms. The van der Waals surface area contributed by atoms with E-state index in [9.17, 15) is 22.4 Å². The third-order valence-electron chi connectivity index (χ3n) is 3.48. The lowest BCUT2D eigenvalue weighted by molar-refractivity contribution is -0.148. The number of halogens is 4. The van der Waals surface area contributed by atoms with Crippen LogP contribution < -0.4 is 0 Å². The van der Waals surface area contributed by atoms with Crippen LogP contribution in [0.15, 0.2) is 18.2 Å². The Labute approximate surface area is 120 Å². The molecule has 1 saturated heterocycles. The van der Waals surface area contributed by atoms with Crippen LogP contribution in [0.5, 0.6) is 0 Å². The Morgan fingerprint density at radius 2 is 1.81 bits per heavy atom. The van der Waals surface area contributed by atoms with E-state index in [2.05, 4.69) is 0 Å². The number of nitrogens with zero attached hydrogens (tertiary/aromatic N) is 2. The van der Waals surface area contributed by atoms with Crippen LogP contribution >= 0.6 is 0 Å². The van der Waals surface area contributed by atoms with Gasteiger partial charge in [0.15, 0.2) is 0 Å². The van der Waals surface area contributed by atoms with Gasteiger partial charge in [-0.3, -0.25) is 9.69 Å². The van der Waals surface area contributed by atoms with Gasteiger partial charge >= 0.3 is 6.18 Å². The number of carbonyl (C=O) groups excluding carboxylic acids is 1. The standard InChI is InChI=1S/C14H16F4N2O/c1-10-3-2-4-11(12(10)15)13(21)20-7-5-19(6-8-20)9-14(16,17)18/h2-4H,5-9H2,1H3. The molecule has 0 atom stereocenters. The largest absolute Gasteiger partial charge is 0.401 e. The van der Waals surface area contributed by atoms with Crippen molar-refractivity contribution in [2.75, 3.05) is 32.7 Å². The van der Waals surface area contributed by atoms with E-state index in [1.807, 2.05) is 0 Å². The predicted octanol–water partition coefficient (Wildman–Crippen LogP) is 2.45. The van der Waals surface area contributed by atoms with E-state index in [1.165, 1.54) is 15.9 Å². The van der Waals surface area contributed by atoms with Gasteiger partial charge in [-0.2, -0.15) is 13.2 Å². The molecule has 3 nitrogen and oxygen atoms in total. The maximum absolute atomic E-state index is 13.9. The number of benzene rings is 1. The second kappa shape index (κ2) is 6.01. The molecule has 1 aliphatic heterocycles. The highest BCUT2D eigenvalue weighted by Crippen LogP contribution is 2.19. The molecule has 1 aromatic carbocycles. The van der Waals surface area contributed by atoms with Gasteiger partial charge in [0.1, 0.15) is 5.82 Å². The van der Waals surface area contributed by atoms with E-state index >= 15 is 0 Å². The minimum absolute atomic E-state index is 0.0285. The van der Waals surface area contributed by atoms with Crippen LogP contribution in [-0.2, 0) is 0 Å². The Hall–Kier alpha value is -1.63. The van der Waals surface area contributed by atoms with Crippen LogP contribution in [0.25, 0.3) is 0 Å². The highest BCUT2D eigenvalue weighted by atomic mass is 19.4. The maximum atomic E-state index is 13.9. The van der Waals surface area contributed by atoms with E-state index in [-0.39, 0.29) is 31.7 Å². The van der Waals surface area contributed by atoms with Crippen molar-refractivity contribution in [3.05, 3.63) is 35.1 Å². The number of amides is 1. The van der Waals surface area contributed by atoms with Crippen LogP contribution in [0.3, 0.4) is 0 Å². The van der Waals surface area contributed by atoms with Crippen LogP contribution in [0.4, 0.5) is 17.6 Å². The van der Waals surface area contributed by atoms with Gasteiger partial charge in [-0.15, -0.1) is 0 Å². The normalized spacial score (nSPS) is 17.1. The van der Waals surface area contributed by atoms with E-state index in [0.29, 0.717) is 5.56 Å². The number of carbonyl (C=O) groups is 1. The minimum Gasteiger partial charge on any atom is -0.336 e. The summed E-state index contributed by atoms with van der Waals surface area (Å²) >= 11 is 0. The Bertz CT molecular complexity index is 522. The summed E-state index contributed by atoms with van der Waals surface area (Å²) in [4.78, 5) is 14.8. The molecular formula is C14H16F4N2O. The van der Waals surface area contributed by atoms with Crippen molar-refractivity contribution < 1.29 is 22.4 Å². The fourth-order valence-electron chi connectivity index (χ4n) is 2.35. The molecule has 1 fully saturated rings. The molecular weight excluding hydrogens is 288 g/mol. The van der Waals surface area contributed by atoms with Crippen molar-refractivity contribution in [1.82, 2.24) is 9.80 Å². The molecule has 1 heterocycles. The van der Waals surface area contributed by atoms with Gasteiger partial charge in [0.25, 0.3) is 5.91 Å². The molecule has 0 unspecified atom stereocenters. The lowest BCUT2D eigenvalue weighted by Gasteiger charge is -2.35. The monoisotopic (exact) mass is 304 g/mol. The van der Waals surface area contributed by atoms with Crippen LogP contribution in [0, 0.1) is 12.7 Å². The topological polar surface area (TPSA) is 23.6 Å². The Balaban J connectivity index is 1.99. The van der Waals surface area contributed by atoms with Crippen molar-refractivity contribution in [2.45, 2.75) is 13.1 Å². The molecule has 0 N–H and O–H groups in total. The zero-order valence-corrected chi connectivity index (χ0v) is 11.6. The fraction of sp³-hybridized carbons (Fsp3) is 0.500. The van der Waals surface area contributed by atoms with Crippen molar-refractivity contribution in [3.63, 3.8) is 0 Å². The Morgan fingerprint density at radius 3 is 2.38 bits per heavy atom. The minimum atomic E-state index is -4.24. The predicted molar refractivity (Wildman–Crippen MR) is 69.5 cm³/mol. The molecule has 21 heavy (non-hydrogen) atoms. The Morgan fingerprint density at radius 1 is 1.19 bits per heavy atom. The van der Waals surface area contributed by atoms with E-state index in [0.717, 1.165) is 0 Å².